The Balaban J connectivity index is 1.76. The van der Waals surface area contributed by atoms with Crippen LogP contribution < -0.4 is 5.73 Å². The first kappa shape index (κ1) is 11.8. The molecule has 0 spiro atoms. The molecule has 1 aromatic carbocycles. The lowest BCUT2D eigenvalue weighted by Gasteiger charge is -2.23. The molecule has 1 atom stereocenters. The van der Waals surface area contributed by atoms with Gasteiger partial charge in [-0.25, -0.2) is 0 Å². The van der Waals surface area contributed by atoms with Gasteiger partial charge in [-0.15, -0.1) is 11.3 Å². The summed E-state index contributed by atoms with van der Waals surface area (Å²) >= 11 is 1.87. The highest BCUT2D eigenvalue weighted by Gasteiger charge is 2.26. The molecule has 0 aliphatic carbocycles. The Morgan fingerprint density at radius 1 is 1.28 bits per heavy atom. The minimum absolute atomic E-state index is 0.603. The van der Waals surface area contributed by atoms with E-state index < -0.39 is 0 Å². The molecule has 1 aliphatic rings. The van der Waals surface area contributed by atoms with Crippen LogP contribution in [0, 0.1) is 0 Å². The van der Waals surface area contributed by atoms with Crippen LogP contribution in [0.3, 0.4) is 0 Å². The van der Waals surface area contributed by atoms with Crippen LogP contribution in [0.15, 0.2) is 41.8 Å². The second-order valence-corrected chi connectivity index (χ2v) is 5.87. The van der Waals surface area contributed by atoms with Crippen molar-refractivity contribution in [2.24, 2.45) is 0 Å². The number of anilines is 1. The summed E-state index contributed by atoms with van der Waals surface area (Å²) in [6, 6.07) is 13.3. The van der Waals surface area contributed by atoms with Gasteiger partial charge >= 0.3 is 0 Å². The van der Waals surface area contributed by atoms with Crippen molar-refractivity contribution in [3.63, 3.8) is 0 Å². The van der Waals surface area contributed by atoms with Gasteiger partial charge in [0.05, 0.1) is 0 Å². The second-order valence-electron chi connectivity index (χ2n) is 4.89. The maximum Gasteiger partial charge on any atom is 0.0445 e. The van der Waals surface area contributed by atoms with E-state index in [2.05, 4.69) is 34.5 Å². The monoisotopic (exact) mass is 258 g/mol. The normalized spacial score (nSPS) is 20.3. The number of hydrogen-bond donors (Lipinski definition) is 1. The van der Waals surface area contributed by atoms with E-state index in [4.69, 9.17) is 5.73 Å². The fraction of sp³-hybridized carbons (Fsp3) is 0.333. The molecule has 1 saturated heterocycles. The third-order valence-electron chi connectivity index (χ3n) is 3.57. The van der Waals surface area contributed by atoms with Gasteiger partial charge in [0, 0.05) is 23.2 Å². The SMILES string of the molecule is Nc1cccc(CN2CCCC2c2cccs2)c1. The summed E-state index contributed by atoms with van der Waals surface area (Å²) in [5, 5.41) is 2.17. The molecule has 1 aliphatic heterocycles. The fourth-order valence-electron chi connectivity index (χ4n) is 2.74. The van der Waals surface area contributed by atoms with E-state index in [0.717, 1.165) is 12.2 Å². The predicted octanol–water partition coefficient (Wildman–Crippen LogP) is 3.67. The smallest absolute Gasteiger partial charge is 0.0445 e. The van der Waals surface area contributed by atoms with Crippen molar-refractivity contribution in [3.8, 4) is 0 Å². The lowest BCUT2D eigenvalue weighted by Crippen LogP contribution is -2.22. The summed E-state index contributed by atoms with van der Waals surface area (Å²) in [7, 11) is 0. The molecule has 1 aromatic heterocycles. The number of thiophene rings is 1. The minimum Gasteiger partial charge on any atom is -0.399 e. The zero-order valence-corrected chi connectivity index (χ0v) is 11.2. The Bertz CT molecular complexity index is 507. The number of hydrogen-bond acceptors (Lipinski definition) is 3. The van der Waals surface area contributed by atoms with Crippen LogP contribution in [0.25, 0.3) is 0 Å². The van der Waals surface area contributed by atoms with E-state index in [9.17, 15) is 0 Å². The first-order chi connectivity index (χ1) is 8.83. The van der Waals surface area contributed by atoms with Gasteiger partial charge in [0.15, 0.2) is 0 Å². The highest BCUT2D eigenvalue weighted by molar-refractivity contribution is 7.10. The zero-order chi connectivity index (χ0) is 12.4. The van der Waals surface area contributed by atoms with Crippen LogP contribution in [-0.4, -0.2) is 11.4 Å². The van der Waals surface area contributed by atoms with Crippen LogP contribution in [0.2, 0.25) is 0 Å². The number of nitrogens with zero attached hydrogens (tertiary/aromatic N) is 1. The van der Waals surface area contributed by atoms with Crippen molar-refractivity contribution in [1.29, 1.82) is 0 Å². The van der Waals surface area contributed by atoms with Crippen LogP contribution in [0.4, 0.5) is 5.69 Å². The average Bonchev–Trinajstić information content (AvgIpc) is 2.98. The highest BCUT2D eigenvalue weighted by atomic mass is 32.1. The van der Waals surface area contributed by atoms with Gasteiger partial charge in [-0.05, 0) is 48.5 Å². The molecule has 18 heavy (non-hydrogen) atoms. The standard InChI is InChI=1S/C15H18N2S/c16-13-5-1-4-12(10-13)11-17-8-2-6-14(17)15-7-3-9-18-15/h1,3-5,7,9-10,14H,2,6,8,11,16H2. The van der Waals surface area contributed by atoms with Gasteiger partial charge in [0.1, 0.15) is 0 Å². The van der Waals surface area contributed by atoms with Gasteiger partial charge in [0.2, 0.25) is 0 Å². The molecule has 1 unspecified atom stereocenters. The minimum atomic E-state index is 0.603. The number of rotatable bonds is 3. The molecule has 2 N–H and O–H groups in total. The molecule has 2 nitrogen and oxygen atoms in total. The molecule has 0 amide bonds. The summed E-state index contributed by atoms with van der Waals surface area (Å²) in [5.41, 5.74) is 8.02. The summed E-state index contributed by atoms with van der Waals surface area (Å²) in [6.45, 7) is 2.20. The molecule has 3 heteroatoms. The summed E-state index contributed by atoms with van der Waals surface area (Å²) in [4.78, 5) is 4.07. The third kappa shape index (κ3) is 2.42. The molecule has 3 rings (SSSR count). The van der Waals surface area contributed by atoms with Crippen molar-refractivity contribution in [2.45, 2.75) is 25.4 Å². The quantitative estimate of drug-likeness (QED) is 0.851. The molecular formula is C15H18N2S. The van der Waals surface area contributed by atoms with Crippen molar-refractivity contribution >= 4 is 17.0 Å². The molecule has 0 radical (unpaired) electrons. The molecule has 2 heterocycles. The van der Waals surface area contributed by atoms with E-state index in [-0.39, 0.29) is 0 Å². The van der Waals surface area contributed by atoms with Crippen molar-refractivity contribution < 1.29 is 0 Å². The Hall–Kier alpha value is -1.32. The maximum atomic E-state index is 5.85. The number of nitrogens with two attached hydrogens (primary N) is 1. The molecule has 0 saturated carbocycles. The van der Waals surface area contributed by atoms with Gasteiger partial charge in [0.25, 0.3) is 0 Å². The molecule has 0 bridgehead atoms. The first-order valence-corrected chi connectivity index (χ1v) is 7.33. The lowest BCUT2D eigenvalue weighted by molar-refractivity contribution is 0.251. The average molecular weight is 258 g/mol. The Morgan fingerprint density at radius 3 is 3.00 bits per heavy atom. The Morgan fingerprint density at radius 2 is 2.22 bits per heavy atom. The second kappa shape index (κ2) is 5.12. The van der Waals surface area contributed by atoms with E-state index in [1.807, 2.05) is 23.5 Å². The van der Waals surface area contributed by atoms with Gasteiger partial charge < -0.3 is 5.73 Å². The van der Waals surface area contributed by atoms with Crippen LogP contribution >= 0.6 is 11.3 Å². The van der Waals surface area contributed by atoms with E-state index >= 15 is 0 Å². The van der Waals surface area contributed by atoms with E-state index in [1.54, 1.807) is 0 Å². The van der Waals surface area contributed by atoms with Crippen LogP contribution in [0.1, 0.15) is 29.3 Å². The zero-order valence-electron chi connectivity index (χ0n) is 10.4. The van der Waals surface area contributed by atoms with Crippen LogP contribution in [0.5, 0.6) is 0 Å². The molecule has 2 aromatic rings. The van der Waals surface area contributed by atoms with Crippen molar-refractivity contribution in [2.75, 3.05) is 12.3 Å². The van der Waals surface area contributed by atoms with Crippen LogP contribution in [-0.2, 0) is 6.54 Å². The third-order valence-corrected chi connectivity index (χ3v) is 4.55. The highest BCUT2D eigenvalue weighted by Crippen LogP contribution is 2.35. The number of nitrogen functional groups attached to an aromatic ring is 1. The Kier molecular flexibility index (Phi) is 3.35. The van der Waals surface area contributed by atoms with E-state index in [0.29, 0.717) is 6.04 Å². The van der Waals surface area contributed by atoms with Gasteiger partial charge in [-0.2, -0.15) is 0 Å². The summed E-state index contributed by atoms with van der Waals surface area (Å²) in [6.07, 6.45) is 2.58. The predicted molar refractivity (Wildman–Crippen MR) is 77.6 cm³/mol. The fourth-order valence-corrected chi connectivity index (χ4v) is 3.64. The number of benzene rings is 1. The van der Waals surface area contributed by atoms with Gasteiger partial charge in [-0.1, -0.05) is 18.2 Å². The molecule has 1 fully saturated rings. The lowest BCUT2D eigenvalue weighted by atomic mass is 10.1. The first-order valence-electron chi connectivity index (χ1n) is 6.45. The maximum absolute atomic E-state index is 5.85. The van der Waals surface area contributed by atoms with Crippen molar-refractivity contribution in [1.82, 2.24) is 4.90 Å². The van der Waals surface area contributed by atoms with E-state index in [1.165, 1.54) is 29.8 Å². The largest absolute Gasteiger partial charge is 0.399 e. The molecule has 94 valence electrons. The van der Waals surface area contributed by atoms with Gasteiger partial charge in [-0.3, -0.25) is 4.90 Å². The van der Waals surface area contributed by atoms with Crippen molar-refractivity contribution in [3.05, 3.63) is 52.2 Å². The number of likely N-dealkylation sites (tertiary alicyclic amines) is 1. The molecular weight excluding hydrogens is 240 g/mol. The summed E-state index contributed by atoms with van der Waals surface area (Å²) in [5.74, 6) is 0. The summed E-state index contributed by atoms with van der Waals surface area (Å²) < 4.78 is 0. The Labute approximate surface area is 112 Å². The topological polar surface area (TPSA) is 29.3 Å².